The minimum Gasteiger partial charge on any atom is -0.465 e. The lowest BCUT2D eigenvalue weighted by atomic mass is 9.93. The van der Waals surface area contributed by atoms with Gasteiger partial charge < -0.3 is 15.4 Å². The van der Waals surface area contributed by atoms with Gasteiger partial charge in [-0.25, -0.2) is 4.79 Å². The van der Waals surface area contributed by atoms with E-state index in [0.29, 0.717) is 25.1 Å². The molecule has 0 amide bonds. The van der Waals surface area contributed by atoms with E-state index in [-0.39, 0.29) is 5.97 Å². The van der Waals surface area contributed by atoms with Gasteiger partial charge in [0, 0.05) is 12.6 Å². The largest absolute Gasteiger partial charge is 0.465 e. The second kappa shape index (κ2) is 5.83. The number of hydrogen-bond acceptors (Lipinski definition) is 4. The molecule has 2 atom stereocenters. The molecule has 0 spiro atoms. The quantitative estimate of drug-likeness (QED) is 0.685. The zero-order valence-corrected chi connectivity index (χ0v) is 11.5. The summed E-state index contributed by atoms with van der Waals surface area (Å²) >= 11 is 0. The Kier molecular flexibility index (Phi) is 4.95. The second-order valence-electron chi connectivity index (χ2n) is 5.21. The van der Waals surface area contributed by atoms with Crippen molar-refractivity contribution in [2.45, 2.75) is 51.6 Å². The Labute approximate surface area is 104 Å². The van der Waals surface area contributed by atoms with Crippen LogP contribution in [0.2, 0.25) is 0 Å². The first-order valence-electron chi connectivity index (χ1n) is 6.62. The van der Waals surface area contributed by atoms with Crippen molar-refractivity contribution < 1.29 is 9.53 Å². The highest BCUT2D eigenvalue weighted by molar-refractivity contribution is 5.82. The molecule has 0 aromatic rings. The van der Waals surface area contributed by atoms with Gasteiger partial charge in [-0.3, -0.25) is 0 Å². The third-order valence-corrected chi connectivity index (χ3v) is 3.82. The summed E-state index contributed by atoms with van der Waals surface area (Å²) in [6.07, 6.45) is 3.15. The molecular weight excluding hydrogens is 216 g/mol. The van der Waals surface area contributed by atoms with Gasteiger partial charge in [-0.1, -0.05) is 6.92 Å². The van der Waals surface area contributed by atoms with Crippen LogP contribution in [-0.2, 0) is 9.53 Å². The first-order valence-corrected chi connectivity index (χ1v) is 6.62. The highest BCUT2D eigenvalue weighted by Crippen LogP contribution is 2.39. The normalized spacial score (nSPS) is 21.1. The topological polar surface area (TPSA) is 55.6 Å². The van der Waals surface area contributed by atoms with Gasteiger partial charge in [-0.2, -0.15) is 0 Å². The van der Waals surface area contributed by atoms with Crippen LogP contribution in [0.1, 0.15) is 40.0 Å². The van der Waals surface area contributed by atoms with Gasteiger partial charge in [0.1, 0.15) is 5.54 Å². The molecule has 100 valence electrons. The zero-order valence-electron chi connectivity index (χ0n) is 11.5. The number of carbonyl (C=O) groups excluding carboxylic acids is 1. The van der Waals surface area contributed by atoms with Crippen molar-refractivity contribution in [1.82, 2.24) is 4.90 Å². The maximum absolute atomic E-state index is 12.0. The Morgan fingerprint density at radius 2 is 2.12 bits per heavy atom. The molecule has 4 heteroatoms. The van der Waals surface area contributed by atoms with Gasteiger partial charge in [0.25, 0.3) is 0 Å². The molecule has 0 aromatic carbocycles. The van der Waals surface area contributed by atoms with Crippen molar-refractivity contribution in [1.29, 1.82) is 0 Å². The number of hydrogen-bond donors (Lipinski definition) is 1. The summed E-state index contributed by atoms with van der Waals surface area (Å²) in [6.45, 7) is 7.10. The summed E-state index contributed by atoms with van der Waals surface area (Å²) in [5, 5.41) is 0. The summed E-state index contributed by atoms with van der Waals surface area (Å²) in [5.41, 5.74) is 5.50. The Balaban J connectivity index is 2.68. The van der Waals surface area contributed by atoms with Crippen molar-refractivity contribution in [3.05, 3.63) is 0 Å². The molecule has 1 fully saturated rings. The SMILES string of the molecule is CCOC(=O)C(N)(CN(C)C(C)CC)C1CC1. The van der Waals surface area contributed by atoms with E-state index in [1.54, 1.807) is 0 Å². The lowest BCUT2D eigenvalue weighted by Crippen LogP contribution is -2.59. The van der Waals surface area contributed by atoms with E-state index in [2.05, 4.69) is 18.7 Å². The first-order chi connectivity index (χ1) is 7.95. The Morgan fingerprint density at radius 3 is 2.53 bits per heavy atom. The van der Waals surface area contributed by atoms with Gasteiger partial charge in [0.15, 0.2) is 0 Å². The molecule has 4 nitrogen and oxygen atoms in total. The highest BCUT2D eigenvalue weighted by atomic mass is 16.5. The Bertz CT molecular complexity index is 266. The van der Waals surface area contributed by atoms with Crippen molar-refractivity contribution in [3.8, 4) is 0 Å². The van der Waals surface area contributed by atoms with Gasteiger partial charge in [0.2, 0.25) is 0 Å². The summed E-state index contributed by atoms with van der Waals surface area (Å²) < 4.78 is 5.13. The average molecular weight is 242 g/mol. The minimum atomic E-state index is -0.811. The van der Waals surface area contributed by atoms with E-state index in [9.17, 15) is 4.79 Å². The monoisotopic (exact) mass is 242 g/mol. The molecule has 0 saturated heterocycles. The third kappa shape index (κ3) is 3.42. The van der Waals surface area contributed by atoms with Crippen LogP contribution >= 0.6 is 0 Å². The summed E-state index contributed by atoms with van der Waals surface area (Å²) in [5.74, 6) is 0.0608. The van der Waals surface area contributed by atoms with Gasteiger partial charge >= 0.3 is 5.97 Å². The maximum atomic E-state index is 12.0. The molecule has 0 aromatic heterocycles. The van der Waals surface area contributed by atoms with E-state index in [0.717, 1.165) is 19.3 Å². The molecule has 1 aliphatic rings. The predicted octanol–water partition coefficient (Wildman–Crippen LogP) is 1.39. The molecule has 2 unspecified atom stereocenters. The molecule has 0 radical (unpaired) electrons. The number of ether oxygens (including phenoxy) is 1. The molecular formula is C13H26N2O2. The van der Waals surface area contributed by atoms with E-state index >= 15 is 0 Å². The molecule has 0 heterocycles. The van der Waals surface area contributed by atoms with Crippen LogP contribution in [0, 0.1) is 5.92 Å². The van der Waals surface area contributed by atoms with E-state index < -0.39 is 5.54 Å². The zero-order chi connectivity index (χ0) is 13.1. The molecule has 0 bridgehead atoms. The summed E-state index contributed by atoms with van der Waals surface area (Å²) in [6, 6.07) is 0.436. The van der Waals surface area contributed by atoms with E-state index in [1.807, 2.05) is 14.0 Å². The van der Waals surface area contributed by atoms with Crippen LogP contribution in [-0.4, -0.2) is 42.6 Å². The lowest BCUT2D eigenvalue weighted by Gasteiger charge is -2.34. The molecule has 2 N–H and O–H groups in total. The van der Waals surface area contributed by atoms with E-state index in [1.165, 1.54) is 0 Å². The molecule has 1 aliphatic carbocycles. The Morgan fingerprint density at radius 1 is 1.53 bits per heavy atom. The average Bonchev–Trinajstić information content (AvgIpc) is 3.11. The number of rotatable bonds is 7. The van der Waals surface area contributed by atoms with Crippen LogP contribution in [0.4, 0.5) is 0 Å². The molecule has 17 heavy (non-hydrogen) atoms. The fraction of sp³-hybridized carbons (Fsp3) is 0.923. The van der Waals surface area contributed by atoms with Gasteiger partial charge in [-0.15, -0.1) is 0 Å². The Hall–Kier alpha value is -0.610. The van der Waals surface area contributed by atoms with Crippen LogP contribution < -0.4 is 5.73 Å². The van der Waals surface area contributed by atoms with Gasteiger partial charge in [-0.05, 0) is 46.1 Å². The second-order valence-corrected chi connectivity index (χ2v) is 5.21. The van der Waals surface area contributed by atoms with Crippen molar-refractivity contribution >= 4 is 5.97 Å². The summed E-state index contributed by atoms with van der Waals surface area (Å²) in [7, 11) is 2.03. The lowest BCUT2D eigenvalue weighted by molar-refractivity contribution is -0.151. The molecule has 1 rings (SSSR count). The highest BCUT2D eigenvalue weighted by Gasteiger charge is 2.49. The molecule has 0 aliphatic heterocycles. The number of esters is 1. The first kappa shape index (κ1) is 14.5. The fourth-order valence-electron chi connectivity index (χ4n) is 2.10. The van der Waals surface area contributed by atoms with Crippen molar-refractivity contribution in [3.63, 3.8) is 0 Å². The molecule has 1 saturated carbocycles. The third-order valence-electron chi connectivity index (χ3n) is 3.82. The van der Waals surface area contributed by atoms with Crippen LogP contribution in [0.15, 0.2) is 0 Å². The minimum absolute atomic E-state index is 0.238. The van der Waals surface area contributed by atoms with E-state index in [4.69, 9.17) is 10.5 Å². The summed E-state index contributed by atoms with van der Waals surface area (Å²) in [4.78, 5) is 14.2. The van der Waals surface area contributed by atoms with Crippen molar-refractivity contribution in [2.75, 3.05) is 20.2 Å². The van der Waals surface area contributed by atoms with Crippen LogP contribution in [0.25, 0.3) is 0 Å². The smallest absolute Gasteiger partial charge is 0.327 e. The standard InChI is InChI=1S/C13H26N2O2/c1-5-10(3)15(4)9-13(14,11-7-8-11)12(16)17-6-2/h10-11H,5-9,14H2,1-4H3. The number of likely N-dealkylation sites (N-methyl/N-ethyl adjacent to an activating group) is 1. The number of carbonyl (C=O) groups is 1. The van der Waals surface area contributed by atoms with Crippen LogP contribution in [0.5, 0.6) is 0 Å². The fourth-order valence-corrected chi connectivity index (χ4v) is 2.10. The predicted molar refractivity (Wildman–Crippen MR) is 68.7 cm³/mol. The van der Waals surface area contributed by atoms with Crippen molar-refractivity contribution in [2.24, 2.45) is 11.7 Å². The number of nitrogens with two attached hydrogens (primary N) is 1. The van der Waals surface area contributed by atoms with Crippen LogP contribution in [0.3, 0.4) is 0 Å². The maximum Gasteiger partial charge on any atom is 0.327 e. The van der Waals surface area contributed by atoms with Gasteiger partial charge in [0.05, 0.1) is 6.61 Å². The number of nitrogens with zero attached hydrogens (tertiary/aromatic N) is 1.